The van der Waals surface area contributed by atoms with Gasteiger partial charge in [0.1, 0.15) is 0 Å². The smallest absolute Gasteiger partial charge is 0.337 e. The second kappa shape index (κ2) is 7.22. The van der Waals surface area contributed by atoms with Crippen molar-refractivity contribution in [1.82, 2.24) is 0 Å². The van der Waals surface area contributed by atoms with E-state index in [0.29, 0.717) is 11.1 Å². The van der Waals surface area contributed by atoms with Crippen LogP contribution < -0.4 is 0 Å². The molecule has 0 aliphatic carbocycles. The first-order valence-corrected chi connectivity index (χ1v) is 7.49. The quantitative estimate of drug-likeness (QED) is 0.613. The minimum Gasteiger partial charge on any atom is -0.465 e. The molecule has 0 fully saturated rings. The molecule has 1 unspecified atom stereocenters. The average Bonchev–Trinajstić information content (AvgIpc) is 2.59. The first-order chi connectivity index (χ1) is 10.6. The molecule has 0 radical (unpaired) electrons. The molecular weight excluding hydrogens is 348 g/mol. The van der Waals surface area contributed by atoms with E-state index >= 15 is 0 Å². The van der Waals surface area contributed by atoms with Crippen LogP contribution in [-0.4, -0.2) is 26.2 Å². The topological polar surface area (TPSA) is 52.6 Å². The molecule has 0 saturated carbocycles. The molecule has 0 aliphatic heterocycles. The lowest BCUT2D eigenvalue weighted by atomic mass is 9.99. The van der Waals surface area contributed by atoms with Gasteiger partial charge < -0.3 is 9.47 Å². The Bertz CT molecular complexity index is 648. The molecule has 0 aromatic heterocycles. The Labute approximate surface area is 137 Å². The molecule has 5 heteroatoms. The molecule has 114 valence electrons. The standard InChI is InChI=1S/C17H15BrO4/c1-21-16(19)13-8-12(9-14(10-13)17(20)22-2)15(18)11-6-4-3-5-7-11/h3-10,15H,1-2H3. The summed E-state index contributed by atoms with van der Waals surface area (Å²) in [6.45, 7) is 0. The zero-order chi connectivity index (χ0) is 16.1. The maximum atomic E-state index is 11.8. The number of hydrogen-bond donors (Lipinski definition) is 0. The van der Waals surface area contributed by atoms with Gasteiger partial charge in [0, 0.05) is 0 Å². The Balaban J connectivity index is 2.50. The van der Waals surface area contributed by atoms with Crippen LogP contribution in [0.15, 0.2) is 48.5 Å². The number of alkyl halides is 1. The van der Waals surface area contributed by atoms with Crippen LogP contribution in [0.2, 0.25) is 0 Å². The first-order valence-electron chi connectivity index (χ1n) is 6.57. The molecule has 0 heterocycles. The Hall–Kier alpha value is -2.14. The molecule has 22 heavy (non-hydrogen) atoms. The molecule has 0 amide bonds. The zero-order valence-corrected chi connectivity index (χ0v) is 13.8. The van der Waals surface area contributed by atoms with Crippen molar-refractivity contribution in [3.63, 3.8) is 0 Å². The summed E-state index contributed by atoms with van der Waals surface area (Å²) in [7, 11) is 2.60. The third-order valence-electron chi connectivity index (χ3n) is 3.18. The van der Waals surface area contributed by atoms with Crippen LogP contribution >= 0.6 is 15.9 Å². The van der Waals surface area contributed by atoms with Crippen LogP contribution in [0.3, 0.4) is 0 Å². The van der Waals surface area contributed by atoms with Crippen molar-refractivity contribution >= 4 is 27.9 Å². The van der Waals surface area contributed by atoms with E-state index in [-0.39, 0.29) is 4.83 Å². The highest BCUT2D eigenvalue weighted by Crippen LogP contribution is 2.32. The number of carbonyl (C=O) groups is 2. The van der Waals surface area contributed by atoms with E-state index in [4.69, 9.17) is 9.47 Å². The summed E-state index contributed by atoms with van der Waals surface area (Å²) >= 11 is 3.60. The zero-order valence-electron chi connectivity index (χ0n) is 12.2. The monoisotopic (exact) mass is 362 g/mol. The number of rotatable bonds is 4. The Morgan fingerprint density at radius 1 is 0.864 bits per heavy atom. The fourth-order valence-electron chi connectivity index (χ4n) is 2.08. The molecule has 0 bridgehead atoms. The second-order valence-corrected chi connectivity index (χ2v) is 5.52. The molecule has 0 aliphatic rings. The van der Waals surface area contributed by atoms with Gasteiger partial charge >= 0.3 is 11.9 Å². The largest absolute Gasteiger partial charge is 0.465 e. The summed E-state index contributed by atoms with van der Waals surface area (Å²) < 4.78 is 9.48. The lowest BCUT2D eigenvalue weighted by Gasteiger charge is -2.13. The molecule has 0 N–H and O–H groups in total. The number of benzene rings is 2. The summed E-state index contributed by atoms with van der Waals surface area (Å²) in [5.41, 5.74) is 2.40. The van der Waals surface area contributed by atoms with Crippen LogP contribution in [0.25, 0.3) is 0 Å². The predicted molar refractivity (Wildman–Crippen MR) is 86.3 cm³/mol. The van der Waals surface area contributed by atoms with Crippen molar-refractivity contribution in [2.45, 2.75) is 4.83 Å². The third kappa shape index (κ3) is 3.54. The molecule has 4 nitrogen and oxygen atoms in total. The Morgan fingerprint density at radius 3 is 1.82 bits per heavy atom. The van der Waals surface area contributed by atoms with Gasteiger partial charge in [0.15, 0.2) is 0 Å². The van der Waals surface area contributed by atoms with E-state index in [1.807, 2.05) is 30.3 Å². The lowest BCUT2D eigenvalue weighted by molar-refractivity contribution is 0.0599. The van der Waals surface area contributed by atoms with Crippen LogP contribution in [0, 0.1) is 0 Å². The van der Waals surface area contributed by atoms with Crippen LogP contribution in [-0.2, 0) is 9.47 Å². The normalized spacial score (nSPS) is 11.6. The first kappa shape index (κ1) is 16.2. The number of carbonyl (C=O) groups excluding carboxylic acids is 2. The molecule has 2 rings (SSSR count). The fourth-order valence-corrected chi connectivity index (χ4v) is 2.65. The van der Waals surface area contributed by atoms with E-state index in [0.717, 1.165) is 11.1 Å². The molecule has 0 saturated heterocycles. The number of ether oxygens (including phenoxy) is 2. The van der Waals surface area contributed by atoms with Crippen LogP contribution in [0.4, 0.5) is 0 Å². The highest BCUT2D eigenvalue weighted by molar-refractivity contribution is 9.09. The molecule has 2 aromatic rings. The van der Waals surface area contributed by atoms with Gasteiger partial charge in [0.2, 0.25) is 0 Å². The summed E-state index contributed by atoms with van der Waals surface area (Å²) in [4.78, 5) is 23.4. The maximum absolute atomic E-state index is 11.8. The van der Waals surface area contributed by atoms with E-state index in [2.05, 4.69) is 15.9 Å². The van der Waals surface area contributed by atoms with Crippen molar-refractivity contribution in [2.75, 3.05) is 14.2 Å². The second-order valence-electron chi connectivity index (χ2n) is 4.60. The van der Waals surface area contributed by atoms with Crippen molar-refractivity contribution in [3.05, 3.63) is 70.8 Å². The van der Waals surface area contributed by atoms with Gasteiger partial charge in [-0.3, -0.25) is 0 Å². The van der Waals surface area contributed by atoms with Gasteiger partial charge in [-0.15, -0.1) is 0 Å². The number of hydrogen-bond acceptors (Lipinski definition) is 4. The summed E-state index contributed by atoms with van der Waals surface area (Å²) in [5, 5.41) is 0. The van der Waals surface area contributed by atoms with Gasteiger partial charge in [-0.05, 0) is 29.3 Å². The van der Waals surface area contributed by atoms with Gasteiger partial charge in [-0.1, -0.05) is 46.3 Å². The van der Waals surface area contributed by atoms with E-state index in [1.165, 1.54) is 20.3 Å². The van der Waals surface area contributed by atoms with Crippen molar-refractivity contribution in [3.8, 4) is 0 Å². The summed E-state index contributed by atoms with van der Waals surface area (Å²) in [5.74, 6) is -1.00. The van der Waals surface area contributed by atoms with Crippen LogP contribution in [0.5, 0.6) is 0 Å². The summed E-state index contributed by atoms with van der Waals surface area (Å²) in [6, 6.07) is 14.6. The number of methoxy groups -OCH3 is 2. The highest BCUT2D eigenvalue weighted by Gasteiger charge is 2.18. The van der Waals surface area contributed by atoms with Crippen molar-refractivity contribution < 1.29 is 19.1 Å². The third-order valence-corrected chi connectivity index (χ3v) is 4.24. The minimum atomic E-state index is -0.500. The lowest BCUT2D eigenvalue weighted by Crippen LogP contribution is -2.08. The van der Waals surface area contributed by atoms with Crippen LogP contribution in [0.1, 0.15) is 36.7 Å². The molecule has 2 aromatic carbocycles. The Kier molecular flexibility index (Phi) is 5.33. The summed E-state index contributed by atoms with van der Waals surface area (Å²) in [6.07, 6.45) is 0. The van der Waals surface area contributed by atoms with E-state index in [1.54, 1.807) is 12.1 Å². The highest BCUT2D eigenvalue weighted by atomic mass is 79.9. The Morgan fingerprint density at radius 2 is 1.36 bits per heavy atom. The fraction of sp³-hybridized carbons (Fsp3) is 0.176. The maximum Gasteiger partial charge on any atom is 0.337 e. The molecule has 1 atom stereocenters. The van der Waals surface area contributed by atoms with E-state index in [9.17, 15) is 9.59 Å². The van der Waals surface area contributed by atoms with Gasteiger partial charge in [0.05, 0.1) is 30.2 Å². The number of esters is 2. The van der Waals surface area contributed by atoms with E-state index < -0.39 is 11.9 Å². The SMILES string of the molecule is COC(=O)c1cc(C(=O)OC)cc(C(Br)c2ccccc2)c1. The van der Waals surface area contributed by atoms with Crippen molar-refractivity contribution in [2.24, 2.45) is 0 Å². The van der Waals surface area contributed by atoms with Gasteiger partial charge in [-0.2, -0.15) is 0 Å². The van der Waals surface area contributed by atoms with Gasteiger partial charge in [-0.25, -0.2) is 9.59 Å². The average molecular weight is 363 g/mol. The predicted octanol–water partition coefficient (Wildman–Crippen LogP) is 3.74. The molecule has 0 spiro atoms. The minimum absolute atomic E-state index is 0.151. The van der Waals surface area contributed by atoms with Crippen molar-refractivity contribution in [1.29, 1.82) is 0 Å². The number of halogens is 1. The van der Waals surface area contributed by atoms with Gasteiger partial charge in [0.25, 0.3) is 0 Å². The molecular formula is C17H15BrO4.